The number of aliphatic hydroxyl groups is 1. The molecule has 0 fully saturated rings. The molecular weight excluding hydrogens is 324 g/mol. The average molecular weight is 335 g/mol. The van der Waals surface area contributed by atoms with Gasteiger partial charge in [-0.15, -0.1) is 11.3 Å². The molecule has 0 amide bonds. The highest BCUT2D eigenvalue weighted by molar-refractivity contribution is 7.12. The van der Waals surface area contributed by atoms with Crippen LogP contribution in [0.1, 0.15) is 21.3 Å². The van der Waals surface area contributed by atoms with Crippen LogP contribution in [-0.4, -0.2) is 15.1 Å². The number of nitrogens with zero attached hydrogens (tertiary/aromatic N) is 2. The van der Waals surface area contributed by atoms with Gasteiger partial charge in [-0.2, -0.15) is 0 Å². The number of hydrogen-bond acceptors (Lipinski definition) is 6. The van der Waals surface area contributed by atoms with E-state index in [1.165, 1.54) is 17.4 Å². The maximum absolute atomic E-state index is 11.9. The fraction of sp³-hybridized carbons (Fsp3) is 0.133. The minimum Gasteiger partial charge on any atom is -0.506 e. The first-order chi connectivity index (χ1) is 10.4. The molecule has 1 N–H and O–H groups in total. The molecule has 0 spiro atoms. The standard InChI is InChI=1S/C15H11ClN2O3S/c1-7-14(22-8(2)17-7)12(19)6-11-15(20)21-13-4-3-9(16)5-10(13)18-11/h3-6,19H,1-2H3. The fourth-order valence-electron chi connectivity index (χ4n) is 2.05. The van der Waals surface area contributed by atoms with E-state index in [-0.39, 0.29) is 11.5 Å². The Balaban J connectivity index is 2.13. The Bertz CT molecular complexity index is 959. The summed E-state index contributed by atoms with van der Waals surface area (Å²) in [6.45, 7) is 3.64. The Hall–Kier alpha value is -2.18. The van der Waals surface area contributed by atoms with Crippen molar-refractivity contribution in [2.75, 3.05) is 0 Å². The minimum atomic E-state index is -0.625. The van der Waals surface area contributed by atoms with Gasteiger partial charge in [-0.25, -0.2) is 14.8 Å². The van der Waals surface area contributed by atoms with Gasteiger partial charge in [-0.3, -0.25) is 0 Å². The Kier molecular flexibility index (Phi) is 3.72. The van der Waals surface area contributed by atoms with Crippen molar-refractivity contribution in [1.29, 1.82) is 0 Å². The molecule has 3 aromatic rings. The molecule has 0 unspecified atom stereocenters. The molecule has 0 aliphatic carbocycles. The Morgan fingerprint density at radius 1 is 1.36 bits per heavy atom. The molecule has 0 aliphatic heterocycles. The first-order valence-electron chi connectivity index (χ1n) is 6.39. The van der Waals surface area contributed by atoms with Crippen molar-refractivity contribution in [3.8, 4) is 0 Å². The molecule has 0 saturated heterocycles. The summed E-state index contributed by atoms with van der Waals surface area (Å²) in [5.41, 5.74) is 0.877. The van der Waals surface area contributed by atoms with E-state index in [4.69, 9.17) is 16.0 Å². The number of thiazole rings is 1. The lowest BCUT2D eigenvalue weighted by atomic mass is 10.2. The second-order valence-electron chi connectivity index (χ2n) is 4.68. The zero-order valence-electron chi connectivity index (χ0n) is 11.8. The fourth-order valence-corrected chi connectivity index (χ4v) is 3.05. The first-order valence-corrected chi connectivity index (χ1v) is 7.59. The molecular formula is C15H11ClN2O3S. The minimum absolute atomic E-state index is 0.0118. The Morgan fingerprint density at radius 3 is 2.82 bits per heavy atom. The van der Waals surface area contributed by atoms with Crippen LogP contribution in [0.5, 0.6) is 0 Å². The third kappa shape index (κ3) is 2.75. The van der Waals surface area contributed by atoms with E-state index >= 15 is 0 Å². The molecule has 0 radical (unpaired) electrons. The summed E-state index contributed by atoms with van der Waals surface area (Å²) < 4.78 is 5.18. The molecule has 2 heterocycles. The second kappa shape index (κ2) is 5.55. The predicted octanol–water partition coefficient (Wildman–Crippen LogP) is 3.97. The van der Waals surface area contributed by atoms with E-state index < -0.39 is 5.63 Å². The van der Waals surface area contributed by atoms with Gasteiger partial charge in [0.05, 0.1) is 15.6 Å². The van der Waals surface area contributed by atoms with Crippen molar-refractivity contribution in [3.63, 3.8) is 0 Å². The summed E-state index contributed by atoms with van der Waals surface area (Å²) in [5.74, 6) is -0.0655. The van der Waals surface area contributed by atoms with Crippen molar-refractivity contribution < 1.29 is 9.52 Å². The van der Waals surface area contributed by atoms with Crippen molar-refractivity contribution in [2.24, 2.45) is 0 Å². The number of rotatable bonds is 2. The van der Waals surface area contributed by atoms with Gasteiger partial charge in [0.15, 0.2) is 11.3 Å². The summed E-state index contributed by atoms with van der Waals surface area (Å²) in [6, 6.07) is 4.79. The van der Waals surface area contributed by atoms with E-state index in [1.54, 1.807) is 25.1 Å². The van der Waals surface area contributed by atoms with E-state index in [0.29, 0.717) is 26.7 Å². The normalized spacial score (nSPS) is 12.0. The van der Waals surface area contributed by atoms with Gasteiger partial charge < -0.3 is 9.52 Å². The summed E-state index contributed by atoms with van der Waals surface area (Å²) in [4.78, 5) is 21.0. The Labute approximate surface area is 134 Å². The van der Waals surface area contributed by atoms with Gasteiger partial charge in [-0.05, 0) is 32.0 Å². The zero-order valence-corrected chi connectivity index (χ0v) is 13.3. The number of fused-ring (bicyclic) bond motifs is 1. The predicted molar refractivity (Wildman–Crippen MR) is 87.4 cm³/mol. The summed E-state index contributed by atoms with van der Waals surface area (Å²) in [5, 5.41) is 11.5. The third-order valence-electron chi connectivity index (χ3n) is 2.98. The van der Waals surface area contributed by atoms with Crippen molar-refractivity contribution in [2.45, 2.75) is 13.8 Å². The highest BCUT2D eigenvalue weighted by Gasteiger charge is 2.12. The molecule has 0 atom stereocenters. The Morgan fingerprint density at radius 2 is 2.14 bits per heavy atom. The quantitative estimate of drug-likeness (QED) is 0.717. The molecule has 7 heteroatoms. The number of benzene rings is 1. The topological polar surface area (TPSA) is 76.2 Å². The number of aryl methyl sites for hydroxylation is 2. The highest BCUT2D eigenvalue weighted by atomic mass is 35.5. The van der Waals surface area contributed by atoms with Crippen LogP contribution in [0.2, 0.25) is 5.02 Å². The van der Waals surface area contributed by atoms with Gasteiger partial charge in [0.25, 0.3) is 0 Å². The van der Waals surface area contributed by atoms with Gasteiger partial charge >= 0.3 is 5.63 Å². The van der Waals surface area contributed by atoms with E-state index in [0.717, 1.165) is 5.01 Å². The van der Waals surface area contributed by atoms with Crippen LogP contribution in [0.15, 0.2) is 27.4 Å². The maximum Gasteiger partial charge on any atom is 0.362 e. The highest BCUT2D eigenvalue weighted by Crippen LogP contribution is 2.25. The number of aromatic nitrogens is 2. The molecule has 0 bridgehead atoms. The second-order valence-corrected chi connectivity index (χ2v) is 6.32. The molecule has 0 aliphatic rings. The lowest BCUT2D eigenvalue weighted by Crippen LogP contribution is -2.06. The van der Waals surface area contributed by atoms with Crippen LogP contribution >= 0.6 is 22.9 Å². The third-order valence-corrected chi connectivity index (χ3v) is 4.31. The van der Waals surface area contributed by atoms with Crippen molar-refractivity contribution in [3.05, 3.63) is 54.9 Å². The van der Waals surface area contributed by atoms with E-state index in [2.05, 4.69) is 9.97 Å². The van der Waals surface area contributed by atoms with Crippen molar-refractivity contribution >= 4 is 45.9 Å². The van der Waals surface area contributed by atoms with Crippen molar-refractivity contribution in [1.82, 2.24) is 9.97 Å². The van der Waals surface area contributed by atoms with Gasteiger partial charge in [-0.1, -0.05) is 11.6 Å². The molecule has 22 heavy (non-hydrogen) atoms. The molecule has 1 aromatic carbocycles. The summed E-state index contributed by atoms with van der Waals surface area (Å²) in [6.07, 6.45) is 1.28. The largest absolute Gasteiger partial charge is 0.506 e. The monoisotopic (exact) mass is 334 g/mol. The molecule has 0 saturated carbocycles. The van der Waals surface area contributed by atoms with Gasteiger partial charge in [0.2, 0.25) is 0 Å². The smallest absolute Gasteiger partial charge is 0.362 e. The molecule has 5 nitrogen and oxygen atoms in total. The molecule has 3 rings (SSSR count). The van der Waals surface area contributed by atoms with Crippen LogP contribution in [0, 0.1) is 13.8 Å². The van der Waals surface area contributed by atoms with Gasteiger partial charge in [0.1, 0.15) is 11.3 Å². The molecule has 112 valence electrons. The molecule has 2 aromatic heterocycles. The lowest BCUT2D eigenvalue weighted by Gasteiger charge is -2.00. The van der Waals surface area contributed by atoms with Gasteiger partial charge in [0, 0.05) is 11.1 Å². The maximum atomic E-state index is 11.9. The van der Waals surface area contributed by atoms with E-state index in [1.807, 2.05) is 6.92 Å². The SMILES string of the molecule is Cc1nc(C)c(C(O)=Cc2nc3cc(Cl)ccc3oc2=O)s1. The summed E-state index contributed by atoms with van der Waals surface area (Å²) >= 11 is 7.25. The van der Waals surface area contributed by atoms with E-state index in [9.17, 15) is 9.90 Å². The average Bonchev–Trinajstić information content (AvgIpc) is 2.79. The van der Waals surface area contributed by atoms with Crippen LogP contribution in [0.3, 0.4) is 0 Å². The van der Waals surface area contributed by atoms with Crippen LogP contribution in [0.4, 0.5) is 0 Å². The summed E-state index contributed by atoms with van der Waals surface area (Å²) in [7, 11) is 0. The number of aliphatic hydroxyl groups excluding tert-OH is 1. The van der Waals surface area contributed by atoms with Crippen LogP contribution in [0.25, 0.3) is 22.9 Å². The van der Waals surface area contributed by atoms with Crippen LogP contribution in [-0.2, 0) is 0 Å². The lowest BCUT2D eigenvalue weighted by molar-refractivity contribution is 0.515. The number of hydrogen-bond donors (Lipinski definition) is 1. The zero-order chi connectivity index (χ0) is 15.9. The van der Waals surface area contributed by atoms with Crippen LogP contribution < -0.4 is 5.63 Å². The first kappa shape index (κ1) is 14.7. The number of halogens is 1.